The maximum absolute atomic E-state index is 6.15. The molecule has 0 aliphatic carbocycles. The zero-order valence-corrected chi connectivity index (χ0v) is 17.8. The molecule has 148 valence electrons. The summed E-state index contributed by atoms with van der Waals surface area (Å²) >= 11 is 0. The minimum absolute atomic E-state index is 0.326. The maximum Gasteiger partial charge on any atom is 0.494 e. The summed E-state index contributed by atoms with van der Waals surface area (Å²) in [6.07, 6.45) is 0. The first-order valence-electron chi connectivity index (χ1n) is 10.1. The average Bonchev–Trinajstić information content (AvgIpc) is 2.95. The van der Waals surface area contributed by atoms with E-state index in [1.807, 2.05) is 6.07 Å². The minimum Gasteiger partial charge on any atom is -0.399 e. The molecule has 0 radical (unpaired) electrons. The fraction of sp³-hybridized carbons (Fsp3) is 0.280. The average molecular weight is 385 g/mol. The number of rotatable bonds is 4. The molecule has 0 aromatic heterocycles. The molecule has 0 N–H and O–H groups in total. The molecule has 3 nitrogen and oxygen atoms in total. The highest BCUT2D eigenvalue weighted by molar-refractivity contribution is 6.62. The molecule has 1 heterocycles. The summed E-state index contributed by atoms with van der Waals surface area (Å²) in [5.41, 5.74) is 5.11. The summed E-state index contributed by atoms with van der Waals surface area (Å²) in [5, 5.41) is 0. The highest BCUT2D eigenvalue weighted by Crippen LogP contribution is 2.36. The highest BCUT2D eigenvalue weighted by Gasteiger charge is 2.51. The zero-order chi connectivity index (χ0) is 20.6. The monoisotopic (exact) mass is 385 g/mol. The van der Waals surface area contributed by atoms with Gasteiger partial charge in [-0.1, -0.05) is 54.6 Å². The lowest BCUT2D eigenvalue weighted by Gasteiger charge is -2.32. The Morgan fingerprint density at radius 3 is 1.59 bits per heavy atom. The second-order valence-corrected chi connectivity index (χ2v) is 8.65. The van der Waals surface area contributed by atoms with Gasteiger partial charge in [0, 0.05) is 18.4 Å². The summed E-state index contributed by atoms with van der Waals surface area (Å²) in [6, 6.07) is 27.5. The van der Waals surface area contributed by atoms with Gasteiger partial charge in [-0.05, 0) is 68.6 Å². The van der Waals surface area contributed by atoms with Crippen LogP contribution in [0.1, 0.15) is 27.7 Å². The number of hydrogen-bond donors (Lipinski definition) is 0. The number of nitrogens with zero attached hydrogens (tertiary/aromatic N) is 1. The second kappa shape index (κ2) is 7.36. The first-order chi connectivity index (χ1) is 13.8. The van der Waals surface area contributed by atoms with Crippen LogP contribution in [0.15, 0.2) is 78.9 Å². The van der Waals surface area contributed by atoms with Gasteiger partial charge in [-0.15, -0.1) is 0 Å². The van der Waals surface area contributed by atoms with Crippen molar-refractivity contribution in [2.24, 2.45) is 0 Å². The third-order valence-electron chi connectivity index (χ3n) is 6.17. The predicted molar refractivity (Wildman–Crippen MR) is 122 cm³/mol. The number of benzene rings is 3. The standard InChI is InChI=1S/C25H28BNO2/c1-24(2)25(3,4)29-26(28-24)21-13-17-23(18-14-21)27(5)22-15-11-20(12-16-22)19-9-7-6-8-10-19/h6-18H,1-5H3. The smallest absolute Gasteiger partial charge is 0.399 e. The molecule has 29 heavy (non-hydrogen) atoms. The molecule has 0 spiro atoms. The van der Waals surface area contributed by atoms with E-state index in [2.05, 4.69) is 112 Å². The fourth-order valence-corrected chi connectivity index (χ4v) is 3.49. The van der Waals surface area contributed by atoms with Gasteiger partial charge in [0.2, 0.25) is 0 Å². The van der Waals surface area contributed by atoms with Crippen molar-refractivity contribution in [1.82, 2.24) is 0 Å². The van der Waals surface area contributed by atoms with E-state index in [0.717, 1.165) is 16.8 Å². The van der Waals surface area contributed by atoms with Crippen molar-refractivity contribution in [3.63, 3.8) is 0 Å². The second-order valence-electron chi connectivity index (χ2n) is 8.65. The van der Waals surface area contributed by atoms with Gasteiger partial charge in [-0.25, -0.2) is 0 Å². The van der Waals surface area contributed by atoms with Crippen LogP contribution < -0.4 is 10.4 Å². The van der Waals surface area contributed by atoms with Crippen LogP contribution >= 0.6 is 0 Å². The van der Waals surface area contributed by atoms with E-state index in [0.29, 0.717) is 0 Å². The van der Waals surface area contributed by atoms with Gasteiger partial charge in [-0.3, -0.25) is 0 Å². The van der Waals surface area contributed by atoms with E-state index in [-0.39, 0.29) is 18.3 Å². The van der Waals surface area contributed by atoms with Crippen LogP contribution in [0.25, 0.3) is 11.1 Å². The summed E-state index contributed by atoms with van der Waals surface area (Å²) < 4.78 is 12.3. The Labute approximate surface area is 174 Å². The Balaban J connectivity index is 1.49. The molecular weight excluding hydrogens is 357 g/mol. The van der Waals surface area contributed by atoms with Gasteiger partial charge in [0.1, 0.15) is 0 Å². The first kappa shape index (κ1) is 19.7. The van der Waals surface area contributed by atoms with Crippen LogP contribution in [0.2, 0.25) is 0 Å². The minimum atomic E-state index is -0.329. The molecule has 3 aromatic rings. The summed E-state index contributed by atoms with van der Waals surface area (Å²) in [5.74, 6) is 0. The quantitative estimate of drug-likeness (QED) is 0.560. The van der Waals surface area contributed by atoms with E-state index >= 15 is 0 Å². The fourth-order valence-electron chi connectivity index (χ4n) is 3.49. The van der Waals surface area contributed by atoms with Crippen molar-refractivity contribution in [3.05, 3.63) is 78.9 Å². The first-order valence-corrected chi connectivity index (χ1v) is 10.1. The molecule has 1 fully saturated rings. The van der Waals surface area contributed by atoms with Gasteiger partial charge < -0.3 is 14.2 Å². The molecule has 3 aromatic carbocycles. The summed E-state index contributed by atoms with van der Waals surface area (Å²) in [7, 11) is 1.76. The highest BCUT2D eigenvalue weighted by atomic mass is 16.7. The molecule has 0 amide bonds. The molecular formula is C25H28BNO2. The van der Waals surface area contributed by atoms with E-state index < -0.39 is 0 Å². The Hall–Kier alpha value is -2.56. The van der Waals surface area contributed by atoms with Crippen molar-refractivity contribution in [2.45, 2.75) is 38.9 Å². The van der Waals surface area contributed by atoms with E-state index in [1.54, 1.807) is 0 Å². The molecule has 4 rings (SSSR count). The van der Waals surface area contributed by atoms with Gasteiger partial charge in [-0.2, -0.15) is 0 Å². The van der Waals surface area contributed by atoms with Gasteiger partial charge in [0.05, 0.1) is 11.2 Å². The molecule has 4 heteroatoms. The molecule has 1 aliphatic rings. The van der Waals surface area contributed by atoms with Crippen molar-refractivity contribution in [3.8, 4) is 11.1 Å². The van der Waals surface area contributed by atoms with Crippen LogP contribution in [0.5, 0.6) is 0 Å². The maximum atomic E-state index is 6.15. The van der Waals surface area contributed by atoms with Crippen LogP contribution in [-0.2, 0) is 9.31 Å². The van der Waals surface area contributed by atoms with Gasteiger partial charge >= 0.3 is 7.12 Å². The van der Waals surface area contributed by atoms with Gasteiger partial charge in [0.15, 0.2) is 0 Å². The molecule has 0 saturated carbocycles. The van der Waals surface area contributed by atoms with Crippen LogP contribution in [0.4, 0.5) is 11.4 Å². The molecule has 0 atom stereocenters. The van der Waals surface area contributed by atoms with E-state index in [9.17, 15) is 0 Å². The summed E-state index contributed by atoms with van der Waals surface area (Å²) in [6.45, 7) is 8.31. The lowest BCUT2D eigenvalue weighted by atomic mass is 9.79. The zero-order valence-electron chi connectivity index (χ0n) is 17.8. The SMILES string of the molecule is CN(c1ccc(B2OC(C)(C)C(C)(C)O2)cc1)c1ccc(-c2ccccc2)cc1. The predicted octanol–water partition coefficient (Wildman–Crippen LogP) is 5.42. The van der Waals surface area contributed by atoms with Crippen LogP contribution in [0.3, 0.4) is 0 Å². The van der Waals surface area contributed by atoms with E-state index in [4.69, 9.17) is 9.31 Å². The Bertz CT molecular complexity index is 950. The number of anilines is 2. The normalized spacial score (nSPS) is 17.3. The molecule has 0 unspecified atom stereocenters. The topological polar surface area (TPSA) is 21.7 Å². The number of hydrogen-bond acceptors (Lipinski definition) is 3. The Morgan fingerprint density at radius 2 is 1.07 bits per heavy atom. The molecule has 1 saturated heterocycles. The van der Waals surface area contributed by atoms with Crippen LogP contribution in [0, 0.1) is 0 Å². The van der Waals surface area contributed by atoms with Crippen molar-refractivity contribution >= 4 is 24.0 Å². The van der Waals surface area contributed by atoms with Gasteiger partial charge in [0.25, 0.3) is 0 Å². The molecule has 1 aliphatic heterocycles. The van der Waals surface area contributed by atoms with Crippen LogP contribution in [-0.4, -0.2) is 25.4 Å². The largest absolute Gasteiger partial charge is 0.494 e. The van der Waals surface area contributed by atoms with E-state index in [1.165, 1.54) is 11.1 Å². The lowest BCUT2D eigenvalue weighted by molar-refractivity contribution is 0.00578. The Morgan fingerprint density at radius 1 is 0.621 bits per heavy atom. The lowest BCUT2D eigenvalue weighted by Crippen LogP contribution is -2.41. The van der Waals surface area contributed by atoms with Crippen molar-refractivity contribution < 1.29 is 9.31 Å². The third kappa shape index (κ3) is 3.83. The summed E-state index contributed by atoms with van der Waals surface area (Å²) in [4.78, 5) is 2.18. The Kier molecular flexibility index (Phi) is 5.01. The van der Waals surface area contributed by atoms with Crippen molar-refractivity contribution in [2.75, 3.05) is 11.9 Å². The van der Waals surface area contributed by atoms with Crippen molar-refractivity contribution in [1.29, 1.82) is 0 Å². The molecule has 0 bridgehead atoms. The third-order valence-corrected chi connectivity index (χ3v) is 6.17.